The Morgan fingerprint density at radius 1 is 1.23 bits per heavy atom. The summed E-state index contributed by atoms with van der Waals surface area (Å²) in [5.41, 5.74) is 0.700. The predicted molar refractivity (Wildman–Crippen MR) is 48.6 cm³/mol. The molecule has 0 radical (unpaired) electrons. The van der Waals surface area contributed by atoms with Gasteiger partial charge in [0, 0.05) is 24.7 Å². The van der Waals surface area contributed by atoms with Crippen LogP contribution in [0, 0.1) is 0 Å². The van der Waals surface area contributed by atoms with Gasteiger partial charge in [-0.05, 0) is 6.07 Å². The summed E-state index contributed by atoms with van der Waals surface area (Å²) in [6, 6.07) is 4.43. The Kier molecular flexibility index (Phi) is 3.54. The number of aliphatic hydroxyl groups excluding tert-OH is 1. The van der Waals surface area contributed by atoms with Crippen molar-refractivity contribution in [3.05, 3.63) is 23.8 Å². The molecule has 4 heteroatoms. The number of benzene rings is 1. The topological polar surface area (TPSA) is 72.7 Å². The fourth-order valence-corrected chi connectivity index (χ4v) is 1.00. The Balaban J connectivity index is 2.56. The minimum atomic E-state index is 0.0448. The van der Waals surface area contributed by atoms with Crippen molar-refractivity contribution in [2.24, 2.45) is 0 Å². The van der Waals surface area contributed by atoms with E-state index < -0.39 is 0 Å². The quantitative estimate of drug-likeness (QED) is 0.502. The summed E-state index contributed by atoms with van der Waals surface area (Å²) in [6.07, 6.45) is 0. The minimum absolute atomic E-state index is 0.0448. The SMILES string of the molecule is OCCNCc1ccc(O)cc1O. The molecule has 1 aromatic rings. The van der Waals surface area contributed by atoms with Crippen molar-refractivity contribution in [3.63, 3.8) is 0 Å². The highest BCUT2D eigenvalue weighted by Gasteiger charge is 2.00. The molecule has 0 aliphatic carbocycles. The van der Waals surface area contributed by atoms with Gasteiger partial charge in [0.1, 0.15) is 11.5 Å². The van der Waals surface area contributed by atoms with Crippen molar-refractivity contribution in [2.75, 3.05) is 13.2 Å². The summed E-state index contributed by atoms with van der Waals surface area (Å²) in [7, 11) is 0. The van der Waals surface area contributed by atoms with Crippen LogP contribution in [0.15, 0.2) is 18.2 Å². The smallest absolute Gasteiger partial charge is 0.123 e. The Hall–Kier alpha value is -1.26. The monoisotopic (exact) mass is 183 g/mol. The largest absolute Gasteiger partial charge is 0.508 e. The van der Waals surface area contributed by atoms with Crippen molar-refractivity contribution in [2.45, 2.75) is 6.54 Å². The number of nitrogens with one attached hydrogen (secondary N) is 1. The molecule has 0 spiro atoms. The van der Waals surface area contributed by atoms with Crippen LogP contribution < -0.4 is 5.32 Å². The average molecular weight is 183 g/mol. The standard InChI is InChI=1S/C9H13NO3/c11-4-3-10-6-7-1-2-8(12)5-9(7)13/h1-2,5,10-13H,3-4,6H2. The van der Waals surface area contributed by atoms with E-state index in [9.17, 15) is 5.11 Å². The van der Waals surface area contributed by atoms with Crippen LogP contribution in [-0.4, -0.2) is 28.5 Å². The van der Waals surface area contributed by atoms with E-state index in [2.05, 4.69) is 5.32 Å². The molecular weight excluding hydrogens is 170 g/mol. The maximum absolute atomic E-state index is 9.33. The summed E-state index contributed by atoms with van der Waals surface area (Å²) in [5.74, 6) is 0.105. The van der Waals surface area contributed by atoms with Gasteiger partial charge < -0.3 is 20.6 Å². The van der Waals surface area contributed by atoms with E-state index >= 15 is 0 Å². The summed E-state index contributed by atoms with van der Waals surface area (Å²) >= 11 is 0. The second kappa shape index (κ2) is 4.69. The molecule has 0 heterocycles. The first kappa shape index (κ1) is 9.83. The van der Waals surface area contributed by atoms with E-state index in [1.54, 1.807) is 6.07 Å². The number of hydrogen-bond donors (Lipinski definition) is 4. The molecule has 72 valence electrons. The van der Waals surface area contributed by atoms with Crippen molar-refractivity contribution in [1.29, 1.82) is 0 Å². The first-order chi connectivity index (χ1) is 6.24. The Morgan fingerprint density at radius 3 is 2.62 bits per heavy atom. The number of aromatic hydroxyl groups is 2. The lowest BCUT2D eigenvalue weighted by Crippen LogP contribution is -2.17. The number of phenolic OH excluding ortho intramolecular Hbond substituents is 2. The summed E-state index contributed by atoms with van der Waals surface area (Å²) in [4.78, 5) is 0. The molecule has 0 saturated heterocycles. The van der Waals surface area contributed by atoms with E-state index in [-0.39, 0.29) is 18.1 Å². The fourth-order valence-electron chi connectivity index (χ4n) is 1.00. The second-order valence-corrected chi connectivity index (χ2v) is 2.71. The third-order valence-electron chi connectivity index (χ3n) is 1.67. The van der Waals surface area contributed by atoms with Gasteiger partial charge in [0.05, 0.1) is 6.61 Å². The fraction of sp³-hybridized carbons (Fsp3) is 0.333. The Labute approximate surface area is 76.5 Å². The lowest BCUT2D eigenvalue weighted by Gasteiger charge is -2.05. The van der Waals surface area contributed by atoms with Crippen LogP contribution >= 0.6 is 0 Å². The van der Waals surface area contributed by atoms with Crippen LogP contribution in [0.2, 0.25) is 0 Å². The summed E-state index contributed by atoms with van der Waals surface area (Å²) in [5, 5.41) is 29.7. The zero-order chi connectivity index (χ0) is 9.68. The van der Waals surface area contributed by atoms with Gasteiger partial charge in [-0.2, -0.15) is 0 Å². The van der Waals surface area contributed by atoms with E-state index in [1.807, 2.05) is 0 Å². The lowest BCUT2D eigenvalue weighted by molar-refractivity contribution is 0.291. The van der Waals surface area contributed by atoms with Crippen molar-refractivity contribution in [3.8, 4) is 11.5 Å². The molecule has 4 N–H and O–H groups in total. The molecular formula is C9H13NO3. The van der Waals surface area contributed by atoms with Crippen molar-refractivity contribution in [1.82, 2.24) is 5.32 Å². The molecule has 0 unspecified atom stereocenters. The number of aliphatic hydroxyl groups is 1. The maximum atomic E-state index is 9.33. The highest BCUT2D eigenvalue weighted by Crippen LogP contribution is 2.21. The molecule has 0 amide bonds. The van der Waals surface area contributed by atoms with Gasteiger partial charge in [0.15, 0.2) is 0 Å². The maximum Gasteiger partial charge on any atom is 0.123 e. The first-order valence-electron chi connectivity index (χ1n) is 4.06. The van der Waals surface area contributed by atoms with Crippen LogP contribution in [0.3, 0.4) is 0 Å². The van der Waals surface area contributed by atoms with E-state index in [4.69, 9.17) is 10.2 Å². The highest BCUT2D eigenvalue weighted by atomic mass is 16.3. The Morgan fingerprint density at radius 2 is 2.00 bits per heavy atom. The molecule has 13 heavy (non-hydrogen) atoms. The third-order valence-corrected chi connectivity index (χ3v) is 1.67. The predicted octanol–water partition coefficient (Wildman–Crippen LogP) is 0.180. The molecule has 0 atom stereocenters. The van der Waals surface area contributed by atoms with Gasteiger partial charge in [-0.25, -0.2) is 0 Å². The third kappa shape index (κ3) is 2.93. The molecule has 1 rings (SSSR count). The van der Waals surface area contributed by atoms with Crippen LogP contribution in [0.4, 0.5) is 0 Å². The minimum Gasteiger partial charge on any atom is -0.508 e. The molecule has 1 aromatic carbocycles. The van der Waals surface area contributed by atoms with Crippen molar-refractivity contribution < 1.29 is 15.3 Å². The molecule has 0 aliphatic rings. The number of rotatable bonds is 4. The summed E-state index contributed by atoms with van der Waals surface area (Å²) < 4.78 is 0. The average Bonchev–Trinajstić information content (AvgIpc) is 2.09. The zero-order valence-electron chi connectivity index (χ0n) is 7.20. The molecule has 0 bridgehead atoms. The van der Waals surface area contributed by atoms with Gasteiger partial charge in [0.2, 0.25) is 0 Å². The van der Waals surface area contributed by atoms with E-state index in [0.29, 0.717) is 18.7 Å². The second-order valence-electron chi connectivity index (χ2n) is 2.71. The van der Waals surface area contributed by atoms with Crippen LogP contribution in [0.5, 0.6) is 11.5 Å². The molecule has 0 fully saturated rings. The van der Waals surface area contributed by atoms with Gasteiger partial charge >= 0.3 is 0 Å². The number of phenols is 2. The Bertz CT molecular complexity index is 276. The van der Waals surface area contributed by atoms with Gasteiger partial charge in [0.25, 0.3) is 0 Å². The summed E-state index contributed by atoms with van der Waals surface area (Å²) in [6.45, 7) is 1.03. The van der Waals surface area contributed by atoms with Crippen molar-refractivity contribution >= 4 is 0 Å². The zero-order valence-corrected chi connectivity index (χ0v) is 7.20. The van der Waals surface area contributed by atoms with Gasteiger partial charge in [-0.15, -0.1) is 0 Å². The van der Waals surface area contributed by atoms with Crippen LogP contribution in [-0.2, 0) is 6.54 Å². The van der Waals surface area contributed by atoms with Gasteiger partial charge in [-0.3, -0.25) is 0 Å². The molecule has 0 aliphatic heterocycles. The van der Waals surface area contributed by atoms with Crippen LogP contribution in [0.1, 0.15) is 5.56 Å². The van der Waals surface area contributed by atoms with E-state index in [0.717, 1.165) is 0 Å². The first-order valence-corrected chi connectivity index (χ1v) is 4.06. The normalized spacial score (nSPS) is 10.2. The van der Waals surface area contributed by atoms with Crippen LogP contribution in [0.25, 0.3) is 0 Å². The molecule has 0 aromatic heterocycles. The molecule has 0 saturated carbocycles. The highest BCUT2D eigenvalue weighted by molar-refractivity contribution is 5.38. The lowest BCUT2D eigenvalue weighted by atomic mass is 10.2. The molecule has 4 nitrogen and oxygen atoms in total. The van der Waals surface area contributed by atoms with Gasteiger partial charge in [-0.1, -0.05) is 6.07 Å². The van der Waals surface area contributed by atoms with E-state index in [1.165, 1.54) is 12.1 Å². The number of hydrogen-bond acceptors (Lipinski definition) is 4.